The summed E-state index contributed by atoms with van der Waals surface area (Å²) in [5.74, 6) is 0.711. The molecule has 1 fully saturated rings. The van der Waals surface area contributed by atoms with Crippen molar-refractivity contribution in [2.45, 2.75) is 38.3 Å². The van der Waals surface area contributed by atoms with Gasteiger partial charge in [0.15, 0.2) is 5.82 Å². The smallest absolute Gasteiger partial charge is 0.173 e. The molecular formula is C23H28N6O2. The monoisotopic (exact) mass is 420 g/mol. The van der Waals surface area contributed by atoms with Crippen LogP contribution in [0, 0.1) is 11.3 Å². The van der Waals surface area contributed by atoms with Crippen LogP contribution >= 0.6 is 0 Å². The molecule has 1 aliphatic heterocycles. The van der Waals surface area contributed by atoms with E-state index in [1.54, 1.807) is 12.1 Å². The number of fused-ring (bicyclic) bond motifs is 1. The molecule has 0 saturated carbocycles. The van der Waals surface area contributed by atoms with Crippen molar-refractivity contribution in [2.75, 3.05) is 25.0 Å². The first-order chi connectivity index (χ1) is 14.7. The van der Waals surface area contributed by atoms with E-state index in [0.717, 1.165) is 36.8 Å². The molecule has 2 aromatic heterocycles. The quantitative estimate of drug-likeness (QED) is 0.582. The molecule has 1 saturated heterocycles. The second kappa shape index (κ2) is 8.17. The Hall–Kier alpha value is -3.15. The van der Waals surface area contributed by atoms with Gasteiger partial charge in [-0.25, -0.2) is 0 Å². The summed E-state index contributed by atoms with van der Waals surface area (Å²) < 4.78 is 1.99. The van der Waals surface area contributed by atoms with E-state index < -0.39 is 5.60 Å². The van der Waals surface area contributed by atoms with Gasteiger partial charge in [-0.2, -0.15) is 5.26 Å². The molecule has 0 amide bonds. The molecule has 1 atom stereocenters. The summed E-state index contributed by atoms with van der Waals surface area (Å²) in [6.07, 6.45) is 4.02. The first kappa shape index (κ1) is 21.1. The number of nitrogens with one attached hydrogen (secondary N) is 1. The molecule has 3 N–H and O–H groups in total. The summed E-state index contributed by atoms with van der Waals surface area (Å²) in [6, 6.07) is 9.01. The van der Waals surface area contributed by atoms with Crippen molar-refractivity contribution in [3.63, 3.8) is 0 Å². The van der Waals surface area contributed by atoms with Gasteiger partial charge in [0.1, 0.15) is 11.4 Å². The molecule has 8 nitrogen and oxygen atoms in total. The van der Waals surface area contributed by atoms with Gasteiger partial charge in [0.05, 0.1) is 22.8 Å². The predicted octanol–water partition coefficient (Wildman–Crippen LogP) is 2.86. The lowest BCUT2D eigenvalue weighted by molar-refractivity contribution is 0.0286. The average Bonchev–Trinajstić information content (AvgIpc) is 3.10. The second-order valence-electron chi connectivity index (χ2n) is 8.96. The zero-order chi connectivity index (χ0) is 22.2. The van der Waals surface area contributed by atoms with Crippen molar-refractivity contribution in [3.05, 3.63) is 36.0 Å². The number of hydrogen-bond acceptors (Lipinski definition) is 7. The van der Waals surface area contributed by atoms with Crippen molar-refractivity contribution in [2.24, 2.45) is 7.05 Å². The van der Waals surface area contributed by atoms with Crippen LogP contribution < -0.4 is 5.32 Å². The Labute approximate surface area is 181 Å². The maximum atomic E-state index is 10.4. The number of aromatic hydroxyl groups is 1. The third-order valence-corrected chi connectivity index (χ3v) is 5.64. The number of aliphatic hydroxyl groups is 1. The van der Waals surface area contributed by atoms with Crippen molar-refractivity contribution >= 4 is 16.7 Å². The number of β-amino-alcohol motifs (C(OH)–C–C–N with tert-alkyl or cyclic N) is 1. The number of nitriles is 1. The van der Waals surface area contributed by atoms with Crippen molar-refractivity contribution in [1.82, 2.24) is 19.7 Å². The SMILES string of the molecule is Cn1ccc2c(-c3ccc(C#N)cc3O)nnc(N[C@@H]3CCCN(CC(C)(C)O)C3)c21. The molecule has 0 spiro atoms. The molecule has 0 aliphatic carbocycles. The summed E-state index contributed by atoms with van der Waals surface area (Å²) >= 11 is 0. The van der Waals surface area contributed by atoms with E-state index in [1.165, 1.54) is 6.07 Å². The molecule has 1 aliphatic rings. The van der Waals surface area contributed by atoms with E-state index in [-0.39, 0.29) is 11.8 Å². The molecule has 1 aromatic carbocycles. The highest BCUT2D eigenvalue weighted by atomic mass is 16.3. The standard InChI is InChI=1S/C23H28N6O2/c1-23(2,31)14-29-9-4-5-16(13-29)25-22-21-18(8-10-28(21)3)20(26-27-22)17-7-6-15(12-24)11-19(17)30/h6-8,10-11,16,30-31H,4-5,9,13-14H2,1-3H3,(H,25,27)/t16-/m1/s1. The molecular weight excluding hydrogens is 392 g/mol. The molecule has 4 rings (SSSR count). The van der Waals surface area contributed by atoms with Gasteiger partial charge in [-0.3, -0.25) is 4.90 Å². The average molecular weight is 421 g/mol. The van der Waals surface area contributed by atoms with Crippen LogP contribution in [-0.4, -0.2) is 61.2 Å². The maximum Gasteiger partial charge on any atom is 0.173 e. The topological polar surface area (TPSA) is 110 Å². The molecule has 0 bridgehead atoms. The van der Waals surface area contributed by atoms with Crippen molar-refractivity contribution in [3.8, 4) is 23.1 Å². The number of rotatable bonds is 5. The Morgan fingerprint density at radius 2 is 2.10 bits per heavy atom. The van der Waals surface area contributed by atoms with Crippen LogP contribution in [0.5, 0.6) is 5.75 Å². The fraction of sp³-hybridized carbons (Fsp3) is 0.435. The number of benzene rings is 1. The number of phenolic OH excluding ortho intramolecular Hbond substituents is 1. The van der Waals surface area contributed by atoms with Gasteiger partial charge in [0.25, 0.3) is 0 Å². The Balaban J connectivity index is 1.64. The van der Waals surface area contributed by atoms with Crippen LogP contribution in [0.15, 0.2) is 30.5 Å². The highest BCUT2D eigenvalue weighted by Crippen LogP contribution is 2.35. The number of anilines is 1. The van der Waals surface area contributed by atoms with Gasteiger partial charge in [0.2, 0.25) is 0 Å². The number of phenols is 1. The Bertz CT molecular complexity index is 1140. The van der Waals surface area contributed by atoms with Crippen LogP contribution in [0.1, 0.15) is 32.3 Å². The number of aryl methyl sites for hydroxylation is 1. The Morgan fingerprint density at radius 3 is 2.81 bits per heavy atom. The van der Waals surface area contributed by atoms with Crippen LogP contribution in [-0.2, 0) is 7.05 Å². The van der Waals surface area contributed by atoms with E-state index in [9.17, 15) is 10.2 Å². The zero-order valence-corrected chi connectivity index (χ0v) is 18.1. The molecule has 3 heterocycles. The number of nitrogens with zero attached hydrogens (tertiary/aromatic N) is 5. The predicted molar refractivity (Wildman–Crippen MR) is 120 cm³/mol. The zero-order valence-electron chi connectivity index (χ0n) is 18.1. The molecule has 8 heteroatoms. The fourth-order valence-electron chi connectivity index (χ4n) is 4.37. The summed E-state index contributed by atoms with van der Waals surface area (Å²) in [5, 5.41) is 43.0. The van der Waals surface area contributed by atoms with E-state index in [4.69, 9.17) is 5.26 Å². The van der Waals surface area contributed by atoms with Gasteiger partial charge in [0, 0.05) is 43.3 Å². The lowest BCUT2D eigenvalue weighted by Crippen LogP contribution is -2.47. The van der Waals surface area contributed by atoms with E-state index in [2.05, 4.69) is 20.4 Å². The van der Waals surface area contributed by atoms with Gasteiger partial charge in [-0.1, -0.05) is 0 Å². The number of hydrogen-bond donors (Lipinski definition) is 3. The molecule has 162 valence electrons. The third kappa shape index (κ3) is 4.48. The van der Waals surface area contributed by atoms with Gasteiger partial charge < -0.3 is 20.1 Å². The van der Waals surface area contributed by atoms with Crippen LogP contribution in [0.4, 0.5) is 5.82 Å². The van der Waals surface area contributed by atoms with Gasteiger partial charge >= 0.3 is 0 Å². The summed E-state index contributed by atoms with van der Waals surface area (Å²) in [4.78, 5) is 2.28. The first-order valence-corrected chi connectivity index (χ1v) is 10.5. The minimum atomic E-state index is -0.724. The number of piperidine rings is 1. The van der Waals surface area contributed by atoms with Gasteiger partial charge in [-0.15, -0.1) is 10.2 Å². The van der Waals surface area contributed by atoms with E-state index >= 15 is 0 Å². The fourth-order valence-corrected chi connectivity index (χ4v) is 4.37. The number of likely N-dealkylation sites (tertiary alicyclic amines) is 1. The van der Waals surface area contributed by atoms with E-state index in [0.29, 0.717) is 29.2 Å². The first-order valence-electron chi connectivity index (χ1n) is 10.5. The summed E-state index contributed by atoms with van der Waals surface area (Å²) in [5.41, 5.74) is 1.70. The lowest BCUT2D eigenvalue weighted by atomic mass is 10.0. The Morgan fingerprint density at radius 1 is 1.29 bits per heavy atom. The Kier molecular flexibility index (Phi) is 5.56. The van der Waals surface area contributed by atoms with E-state index in [1.807, 2.05) is 43.8 Å². The molecule has 0 unspecified atom stereocenters. The van der Waals surface area contributed by atoms with Crippen LogP contribution in [0.2, 0.25) is 0 Å². The molecule has 31 heavy (non-hydrogen) atoms. The van der Waals surface area contributed by atoms with Crippen molar-refractivity contribution < 1.29 is 10.2 Å². The minimum Gasteiger partial charge on any atom is -0.507 e. The molecule has 0 radical (unpaired) electrons. The van der Waals surface area contributed by atoms with Gasteiger partial charge in [-0.05, 0) is 57.5 Å². The second-order valence-corrected chi connectivity index (χ2v) is 8.96. The highest BCUT2D eigenvalue weighted by molar-refractivity contribution is 5.99. The van der Waals surface area contributed by atoms with Crippen LogP contribution in [0.25, 0.3) is 22.2 Å². The minimum absolute atomic E-state index is 0.00810. The highest BCUT2D eigenvalue weighted by Gasteiger charge is 2.26. The van der Waals surface area contributed by atoms with Crippen molar-refractivity contribution in [1.29, 1.82) is 5.26 Å². The largest absolute Gasteiger partial charge is 0.507 e. The molecule has 3 aromatic rings. The maximum absolute atomic E-state index is 10.4. The summed E-state index contributed by atoms with van der Waals surface area (Å²) in [7, 11) is 1.96. The normalized spacial score (nSPS) is 17.6. The summed E-state index contributed by atoms with van der Waals surface area (Å²) in [6.45, 7) is 6.11. The lowest BCUT2D eigenvalue weighted by Gasteiger charge is -2.36. The van der Waals surface area contributed by atoms with Crippen LogP contribution in [0.3, 0.4) is 0 Å². The number of aromatic nitrogens is 3. The third-order valence-electron chi connectivity index (χ3n) is 5.64.